The first-order valence-corrected chi connectivity index (χ1v) is 10.5. The third-order valence-electron chi connectivity index (χ3n) is 5.44. The van der Waals surface area contributed by atoms with E-state index in [1.165, 1.54) is 6.07 Å². The summed E-state index contributed by atoms with van der Waals surface area (Å²) in [4.78, 5) is 8.94. The largest absolute Gasteiger partial charge is 0.353 e. The number of aromatic nitrogens is 5. The van der Waals surface area contributed by atoms with Crippen LogP contribution in [-0.4, -0.2) is 71.6 Å². The lowest BCUT2D eigenvalue weighted by molar-refractivity contribution is 0.132. The van der Waals surface area contributed by atoms with Gasteiger partial charge in [0.05, 0.1) is 10.4 Å². The number of pyridine rings is 1. The van der Waals surface area contributed by atoms with Crippen LogP contribution < -0.4 is 10.0 Å². The molecule has 0 radical (unpaired) electrons. The average Bonchev–Trinajstić information content (AvgIpc) is 3.18. The number of sulfonamides is 1. The van der Waals surface area contributed by atoms with Crippen LogP contribution in [0.15, 0.2) is 41.4 Å². The number of nitrogens with two attached hydrogens (primary N) is 1. The van der Waals surface area contributed by atoms with E-state index in [1.807, 2.05) is 12.1 Å². The van der Waals surface area contributed by atoms with Crippen molar-refractivity contribution in [2.75, 3.05) is 32.1 Å². The standard InChI is InChI=1S/C18H22N8O2S/c1-18(25(2)3)10-26(11-18)15-8-7-12(9-20-15)13-5-4-6-14(29(19,27)28)16(13)17-21-23-24-22-17/h4-9H,10-11H2,1-3H3,(H2,19,27,28)(H,21,22,23,24). The Morgan fingerprint density at radius 1 is 1.21 bits per heavy atom. The second-order valence-electron chi connectivity index (χ2n) is 7.63. The van der Waals surface area contributed by atoms with Gasteiger partial charge in [0.15, 0.2) is 5.82 Å². The first-order valence-electron chi connectivity index (χ1n) is 8.98. The van der Waals surface area contributed by atoms with Crippen LogP contribution in [0.2, 0.25) is 0 Å². The number of nitrogens with zero attached hydrogens (tertiary/aromatic N) is 6. The minimum Gasteiger partial charge on any atom is -0.353 e. The molecule has 3 heterocycles. The Balaban J connectivity index is 1.71. The van der Waals surface area contributed by atoms with Crippen molar-refractivity contribution < 1.29 is 8.42 Å². The van der Waals surface area contributed by atoms with Gasteiger partial charge in [0.25, 0.3) is 0 Å². The quantitative estimate of drug-likeness (QED) is 0.624. The average molecular weight is 414 g/mol. The van der Waals surface area contributed by atoms with Gasteiger partial charge in [0.1, 0.15) is 5.82 Å². The summed E-state index contributed by atoms with van der Waals surface area (Å²) in [6.45, 7) is 4.00. The van der Waals surface area contributed by atoms with Crippen molar-refractivity contribution in [2.45, 2.75) is 17.4 Å². The predicted octanol–water partition coefficient (Wildman–Crippen LogP) is 0.716. The molecule has 0 spiro atoms. The van der Waals surface area contributed by atoms with E-state index in [0.29, 0.717) is 11.1 Å². The van der Waals surface area contributed by atoms with Crippen LogP contribution in [0, 0.1) is 0 Å². The first-order chi connectivity index (χ1) is 13.7. The molecular weight excluding hydrogens is 392 g/mol. The SMILES string of the molecule is CN(C)C1(C)CN(c2ccc(-c3cccc(S(N)(=O)=O)c3-c3nnn[nH]3)cn2)C1. The third kappa shape index (κ3) is 3.48. The molecule has 4 rings (SSSR count). The molecule has 152 valence electrons. The number of primary sulfonamides is 1. The normalized spacial score (nSPS) is 16.1. The van der Waals surface area contributed by atoms with Crippen molar-refractivity contribution >= 4 is 15.8 Å². The predicted molar refractivity (Wildman–Crippen MR) is 109 cm³/mol. The first kappa shape index (κ1) is 19.4. The zero-order chi connectivity index (χ0) is 20.8. The maximum absolute atomic E-state index is 12.1. The monoisotopic (exact) mass is 414 g/mol. The minimum absolute atomic E-state index is 0.0536. The molecule has 0 bridgehead atoms. The van der Waals surface area contributed by atoms with Crippen LogP contribution in [0.3, 0.4) is 0 Å². The summed E-state index contributed by atoms with van der Waals surface area (Å²) in [7, 11) is 0.175. The van der Waals surface area contributed by atoms with E-state index in [9.17, 15) is 8.42 Å². The van der Waals surface area contributed by atoms with E-state index in [4.69, 9.17) is 5.14 Å². The highest BCUT2D eigenvalue weighted by molar-refractivity contribution is 7.89. The third-order valence-corrected chi connectivity index (χ3v) is 6.39. The fraction of sp³-hybridized carbons (Fsp3) is 0.333. The molecule has 0 unspecified atom stereocenters. The van der Waals surface area contributed by atoms with Gasteiger partial charge in [0, 0.05) is 30.4 Å². The van der Waals surface area contributed by atoms with E-state index >= 15 is 0 Å². The topological polar surface area (TPSA) is 134 Å². The lowest BCUT2D eigenvalue weighted by Gasteiger charge is -2.52. The molecule has 1 aliphatic rings. The highest BCUT2D eigenvalue weighted by atomic mass is 32.2. The number of tetrazole rings is 1. The maximum Gasteiger partial charge on any atom is 0.238 e. The molecule has 1 aliphatic heterocycles. The zero-order valence-electron chi connectivity index (χ0n) is 16.4. The summed E-state index contributed by atoms with van der Waals surface area (Å²) in [6, 6.07) is 8.69. The molecule has 0 saturated carbocycles. The van der Waals surface area contributed by atoms with Crippen LogP contribution >= 0.6 is 0 Å². The molecule has 0 aliphatic carbocycles. The number of H-pyrrole nitrogens is 1. The van der Waals surface area contributed by atoms with Crippen molar-refractivity contribution in [3.8, 4) is 22.5 Å². The molecule has 2 aromatic heterocycles. The van der Waals surface area contributed by atoms with Gasteiger partial charge in [-0.3, -0.25) is 0 Å². The molecular formula is C18H22N8O2S. The Kier molecular flexibility index (Phi) is 4.60. The molecule has 1 aromatic carbocycles. The van der Waals surface area contributed by atoms with Gasteiger partial charge < -0.3 is 9.80 Å². The highest BCUT2D eigenvalue weighted by Gasteiger charge is 2.41. The van der Waals surface area contributed by atoms with Gasteiger partial charge in [-0.2, -0.15) is 0 Å². The number of benzene rings is 1. The van der Waals surface area contributed by atoms with Crippen LogP contribution in [0.4, 0.5) is 5.82 Å². The molecule has 0 atom stereocenters. The van der Waals surface area contributed by atoms with Gasteiger partial charge in [0.2, 0.25) is 10.0 Å². The summed E-state index contributed by atoms with van der Waals surface area (Å²) < 4.78 is 24.2. The Bertz CT molecular complexity index is 1120. The lowest BCUT2D eigenvalue weighted by Crippen LogP contribution is -2.67. The Hall–Kier alpha value is -2.89. The molecule has 10 nitrogen and oxygen atoms in total. The number of rotatable bonds is 5. The zero-order valence-corrected chi connectivity index (χ0v) is 17.2. The highest BCUT2D eigenvalue weighted by Crippen LogP contribution is 2.36. The van der Waals surface area contributed by atoms with Gasteiger partial charge >= 0.3 is 0 Å². The van der Waals surface area contributed by atoms with Crippen LogP contribution in [0.1, 0.15) is 6.92 Å². The maximum atomic E-state index is 12.1. The fourth-order valence-corrected chi connectivity index (χ4v) is 4.23. The Labute approximate surface area is 168 Å². The molecule has 11 heteroatoms. The van der Waals surface area contributed by atoms with Crippen LogP contribution in [-0.2, 0) is 10.0 Å². The number of nitrogens with one attached hydrogen (secondary N) is 1. The molecule has 1 saturated heterocycles. The Morgan fingerprint density at radius 3 is 2.52 bits per heavy atom. The summed E-state index contributed by atoms with van der Waals surface area (Å²) >= 11 is 0. The van der Waals surface area contributed by atoms with Gasteiger partial charge in [-0.15, -0.1) is 5.10 Å². The summed E-state index contributed by atoms with van der Waals surface area (Å²) in [6.07, 6.45) is 1.72. The second-order valence-corrected chi connectivity index (χ2v) is 9.16. The smallest absolute Gasteiger partial charge is 0.238 e. The Morgan fingerprint density at radius 2 is 1.97 bits per heavy atom. The minimum atomic E-state index is -3.98. The summed E-state index contributed by atoms with van der Waals surface area (Å²) in [5.74, 6) is 1.09. The summed E-state index contributed by atoms with van der Waals surface area (Å²) in [5, 5.41) is 19.0. The number of aromatic amines is 1. The van der Waals surface area contributed by atoms with E-state index < -0.39 is 10.0 Å². The lowest BCUT2D eigenvalue weighted by atomic mass is 9.91. The number of hydrogen-bond donors (Lipinski definition) is 2. The molecule has 3 N–H and O–H groups in total. The van der Waals surface area contributed by atoms with Gasteiger partial charge in [-0.25, -0.2) is 23.6 Å². The van der Waals surface area contributed by atoms with Crippen LogP contribution in [0.5, 0.6) is 0 Å². The van der Waals surface area contributed by atoms with Crippen molar-refractivity contribution in [1.82, 2.24) is 30.5 Å². The molecule has 1 fully saturated rings. The van der Waals surface area contributed by atoms with Gasteiger partial charge in [-0.05, 0) is 55.2 Å². The van der Waals surface area contributed by atoms with Crippen molar-refractivity contribution in [3.05, 3.63) is 36.5 Å². The number of hydrogen-bond acceptors (Lipinski definition) is 8. The van der Waals surface area contributed by atoms with Crippen molar-refractivity contribution in [3.63, 3.8) is 0 Å². The van der Waals surface area contributed by atoms with Gasteiger partial charge in [-0.1, -0.05) is 12.1 Å². The number of likely N-dealkylation sites (N-methyl/N-ethyl adjacent to an activating group) is 1. The van der Waals surface area contributed by atoms with E-state index in [0.717, 1.165) is 24.5 Å². The fourth-order valence-electron chi connectivity index (χ4n) is 3.47. The van der Waals surface area contributed by atoms with E-state index in [1.54, 1.807) is 18.3 Å². The van der Waals surface area contributed by atoms with E-state index in [2.05, 4.69) is 56.4 Å². The van der Waals surface area contributed by atoms with Crippen LogP contribution in [0.25, 0.3) is 22.5 Å². The molecule has 29 heavy (non-hydrogen) atoms. The second kappa shape index (κ2) is 6.87. The van der Waals surface area contributed by atoms with E-state index in [-0.39, 0.29) is 16.3 Å². The van der Waals surface area contributed by atoms with Crippen molar-refractivity contribution in [2.24, 2.45) is 5.14 Å². The van der Waals surface area contributed by atoms with Crippen molar-refractivity contribution in [1.29, 1.82) is 0 Å². The molecule has 0 amide bonds. The summed E-state index contributed by atoms with van der Waals surface area (Å²) in [5.41, 5.74) is 1.81. The molecule has 3 aromatic rings. The number of anilines is 1.